The van der Waals surface area contributed by atoms with Crippen LogP contribution in [0.4, 0.5) is 0 Å². The molecule has 1 aliphatic rings. The van der Waals surface area contributed by atoms with Crippen molar-refractivity contribution in [1.82, 2.24) is 10.2 Å². The lowest BCUT2D eigenvalue weighted by Gasteiger charge is -2.35. The van der Waals surface area contributed by atoms with E-state index in [9.17, 15) is 0 Å². The van der Waals surface area contributed by atoms with E-state index in [4.69, 9.17) is 14.2 Å². The second-order valence-electron chi connectivity index (χ2n) is 5.66. The van der Waals surface area contributed by atoms with Crippen molar-refractivity contribution in [2.45, 2.75) is 6.04 Å². The molecule has 0 spiro atoms. The molecule has 3 rings (SSSR count). The lowest BCUT2D eigenvalue weighted by molar-refractivity contribution is 0.200. The van der Waals surface area contributed by atoms with Gasteiger partial charge in [-0.25, -0.2) is 0 Å². The molecule has 0 saturated carbocycles. The van der Waals surface area contributed by atoms with Gasteiger partial charge >= 0.3 is 0 Å². The minimum Gasteiger partial charge on any atom is -0.493 e. The molecule has 0 amide bonds. The summed E-state index contributed by atoms with van der Waals surface area (Å²) in [5.41, 5.74) is 1.16. The minimum absolute atomic E-state index is 0. The van der Waals surface area contributed by atoms with Crippen LogP contribution in [-0.2, 0) is 0 Å². The van der Waals surface area contributed by atoms with E-state index in [1.54, 1.807) is 32.7 Å². The van der Waals surface area contributed by atoms with Crippen LogP contribution < -0.4 is 19.5 Å². The van der Waals surface area contributed by atoms with Gasteiger partial charge in [-0.05, 0) is 29.1 Å². The van der Waals surface area contributed by atoms with Crippen LogP contribution in [0.25, 0.3) is 0 Å². The molecule has 0 bridgehead atoms. The lowest BCUT2D eigenvalue weighted by atomic mass is 10.0. The summed E-state index contributed by atoms with van der Waals surface area (Å²) in [6.07, 6.45) is 0. The second-order valence-corrected chi connectivity index (χ2v) is 6.64. The number of hydrogen-bond acceptors (Lipinski definition) is 6. The van der Waals surface area contributed by atoms with E-state index in [1.165, 1.54) is 4.88 Å². The Morgan fingerprint density at radius 1 is 1.00 bits per heavy atom. The topological polar surface area (TPSA) is 43.0 Å². The molecule has 2 heterocycles. The summed E-state index contributed by atoms with van der Waals surface area (Å²) in [6.45, 7) is 4.04. The van der Waals surface area contributed by atoms with Crippen molar-refractivity contribution in [3.8, 4) is 17.2 Å². The number of rotatable bonds is 6. The maximum atomic E-state index is 5.54. The Morgan fingerprint density at radius 2 is 1.62 bits per heavy atom. The van der Waals surface area contributed by atoms with Crippen molar-refractivity contribution in [2.75, 3.05) is 47.5 Å². The van der Waals surface area contributed by atoms with Gasteiger partial charge in [0, 0.05) is 31.1 Å². The van der Waals surface area contributed by atoms with Crippen LogP contribution >= 0.6 is 36.2 Å². The first-order valence-electron chi connectivity index (χ1n) is 8.06. The molecule has 8 heteroatoms. The average Bonchev–Trinajstić information content (AvgIpc) is 3.16. The molecule has 0 radical (unpaired) electrons. The molecule has 146 valence electrons. The van der Waals surface area contributed by atoms with Gasteiger partial charge in [0.05, 0.1) is 27.4 Å². The summed E-state index contributed by atoms with van der Waals surface area (Å²) in [6, 6.07) is 8.62. The fourth-order valence-corrected chi connectivity index (χ4v) is 4.09. The quantitative estimate of drug-likeness (QED) is 0.772. The largest absolute Gasteiger partial charge is 0.493 e. The first kappa shape index (κ1) is 22.9. The molecule has 1 fully saturated rings. The third kappa shape index (κ3) is 4.75. The van der Waals surface area contributed by atoms with Crippen LogP contribution in [0, 0.1) is 0 Å². The third-order valence-corrected chi connectivity index (χ3v) is 5.26. The van der Waals surface area contributed by atoms with E-state index < -0.39 is 0 Å². The van der Waals surface area contributed by atoms with Gasteiger partial charge in [-0.3, -0.25) is 4.90 Å². The van der Waals surface area contributed by atoms with Crippen molar-refractivity contribution in [2.24, 2.45) is 0 Å². The normalized spacial score (nSPS) is 15.3. The van der Waals surface area contributed by atoms with Crippen LogP contribution in [0.3, 0.4) is 0 Å². The van der Waals surface area contributed by atoms with E-state index in [2.05, 4.69) is 39.9 Å². The van der Waals surface area contributed by atoms with Gasteiger partial charge in [-0.15, -0.1) is 36.2 Å². The summed E-state index contributed by atoms with van der Waals surface area (Å²) in [5.74, 6) is 2.03. The molecular weight excluding hydrogens is 395 g/mol. The van der Waals surface area contributed by atoms with Crippen LogP contribution in [0.2, 0.25) is 0 Å². The SMILES string of the molecule is COc1cc([C@H](c2cccs2)N2CCNCC2)cc(OC)c1OC.Cl.Cl. The minimum atomic E-state index is 0. The number of benzene rings is 1. The van der Waals surface area contributed by atoms with Gasteiger partial charge in [-0.2, -0.15) is 0 Å². The number of piperazine rings is 1. The fourth-order valence-electron chi connectivity index (χ4n) is 3.20. The van der Waals surface area contributed by atoms with Crippen LogP contribution in [0.5, 0.6) is 17.2 Å². The number of thiophene rings is 1. The molecule has 2 aromatic rings. The molecule has 1 aliphatic heterocycles. The summed E-state index contributed by atoms with van der Waals surface area (Å²) < 4.78 is 16.5. The number of nitrogens with one attached hydrogen (secondary N) is 1. The van der Waals surface area contributed by atoms with Crippen LogP contribution in [0.1, 0.15) is 16.5 Å². The molecule has 0 unspecified atom stereocenters. The predicted octanol–water partition coefficient (Wildman–Crippen LogP) is 3.61. The maximum Gasteiger partial charge on any atom is 0.203 e. The molecule has 5 nitrogen and oxygen atoms in total. The van der Waals surface area contributed by atoms with Crippen molar-refractivity contribution in [3.63, 3.8) is 0 Å². The van der Waals surface area contributed by atoms with Crippen LogP contribution in [0.15, 0.2) is 29.6 Å². The molecule has 26 heavy (non-hydrogen) atoms. The van der Waals surface area contributed by atoms with E-state index in [0.29, 0.717) is 17.2 Å². The number of nitrogens with zero attached hydrogens (tertiary/aromatic N) is 1. The summed E-state index contributed by atoms with van der Waals surface area (Å²) in [7, 11) is 4.95. The zero-order chi connectivity index (χ0) is 16.9. The van der Waals surface area contributed by atoms with Gasteiger partial charge in [0.25, 0.3) is 0 Å². The molecule has 1 saturated heterocycles. The molecular formula is C18H26Cl2N2O3S. The average molecular weight is 421 g/mol. The van der Waals surface area contributed by atoms with Gasteiger partial charge < -0.3 is 19.5 Å². The third-order valence-electron chi connectivity index (χ3n) is 4.33. The highest BCUT2D eigenvalue weighted by atomic mass is 35.5. The number of halogens is 2. The Hall–Kier alpha value is -1.18. The monoisotopic (exact) mass is 420 g/mol. The lowest BCUT2D eigenvalue weighted by Crippen LogP contribution is -2.45. The molecule has 1 N–H and O–H groups in total. The van der Waals surface area contributed by atoms with Crippen molar-refractivity contribution in [3.05, 3.63) is 40.1 Å². The van der Waals surface area contributed by atoms with Gasteiger partial charge in [0.2, 0.25) is 5.75 Å². The summed E-state index contributed by atoms with van der Waals surface area (Å²) in [5, 5.41) is 5.55. The first-order chi connectivity index (χ1) is 11.8. The second kappa shape index (κ2) is 10.8. The Labute approximate surface area is 171 Å². The number of methoxy groups -OCH3 is 3. The predicted molar refractivity (Wildman–Crippen MR) is 111 cm³/mol. The molecule has 0 aliphatic carbocycles. The zero-order valence-corrected chi connectivity index (χ0v) is 17.6. The Balaban J connectivity index is 0.00000169. The Bertz CT molecular complexity index is 639. The molecule has 1 atom stereocenters. The highest BCUT2D eigenvalue weighted by Gasteiger charge is 2.27. The van der Waals surface area contributed by atoms with E-state index in [0.717, 1.165) is 31.7 Å². The summed E-state index contributed by atoms with van der Waals surface area (Å²) in [4.78, 5) is 3.83. The van der Waals surface area contributed by atoms with Gasteiger partial charge in [-0.1, -0.05) is 6.07 Å². The van der Waals surface area contributed by atoms with Crippen LogP contribution in [-0.4, -0.2) is 52.4 Å². The number of hydrogen-bond donors (Lipinski definition) is 1. The molecule has 1 aromatic heterocycles. The summed E-state index contributed by atoms with van der Waals surface area (Å²) >= 11 is 1.78. The number of ether oxygens (including phenoxy) is 3. The highest BCUT2D eigenvalue weighted by molar-refractivity contribution is 7.10. The maximum absolute atomic E-state index is 5.54. The van der Waals surface area contributed by atoms with Gasteiger partial charge in [0.1, 0.15) is 0 Å². The van der Waals surface area contributed by atoms with Crippen molar-refractivity contribution >= 4 is 36.2 Å². The van der Waals surface area contributed by atoms with E-state index >= 15 is 0 Å². The zero-order valence-electron chi connectivity index (χ0n) is 15.2. The Kier molecular flexibility index (Phi) is 9.54. The van der Waals surface area contributed by atoms with Crippen molar-refractivity contribution in [1.29, 1.82) is 0 Å². The van der Waals surface area contributed by atoms with Crippen molar-refractivity contribution < 1.29 is 14.2 Å². The smallest absolute Gasteiger partial charge is 0.203 e. The van der Waals surface area contributed by atoms with E-state index in [-0.39, 0.29) is 30.9 Å². The molecule has 1 aromatic carbocycles. The standard InChI is InChI=1S/C18H24N2O3S.2ClH/c1-21-14-11-13(12-15(22-2)18(14)23-3)17(16-5-4-10-24-16)20-8-6-19-7-9-20;;/h4-5,10-12,17,19H,6-9H2,1-3H3;2*1H/t17-;;/m1../s1. The first-order valence-corrected chi connectivity index (χ1v) is 8.94. The highest BCUT2D eigenvalue weighted by Crippen LogP contribution is 2.42. The van der Waals surface area contributed by atoms with E-state index in [1.807, 2.05) is 0 Å². The van der Waals surface area contributed by atoms with Gasteiger partial charge in [0.15, 0.2) is 11.5 Å². The fraction of sp³-hybridized carbons (Fsp3) is 0.444. The Morgan fingerprint density at radius 3 is 2.08 bits per heavy atom.